The SMILES string of the molecule is Cc1c(N2CCNCC2)n[nH]c1-c1cccs1. The van der Waals surface area contributed by atoms with Crippen LogP contribution in [0.25, 0.3) is 10.6 Å². The van der Waals surface area contributed by atoms with Crippen molar-refractivity contribution in [3.8, 4) is 10.6 Å². The molecule has 3 heterocycles. The van der Waals surface area contributed by atoms with E-state index in [1.165, 1.54) is 10.4 Å². The fourth-order valence-corrected chi connectivity index (χ4v) is 3.01. The van der Waals surface area contributed by atoms with Gasteiger partial charge in [0.15, 0.2) is 5.82 Å². The van der Waals surface area contributed by atoms with Crippen molar-refractivity contribution in [3.05, 3.63) is 23.1 Å². The van der Waals surface area contributed by atoms with E-state index in [0.717, 1.165) is 37.7 Å². The molecule has 1 aliphatic rings. The van der Waals surface area contributed by atoms with Gasteiger partial charge in [-0.25, -0.2) is 0 Å². The molecule has 0 aliphatic carbocycles. The van der Waals surface area contributed by atoms with Crippen molar-refractivity contribution in [2.45, 2.75) is 6.92 Å². The summed E-state index contributed by atoms with van der Waals surface area (Å²) in [5.74, 6) is 1.11. The molecule has 1 fully saturated rings. The van der Waals surface area contributed by atoms with E-state index in [-0.39, 0.29) is 0 Å². The van der Waals surface area contributed by atoms with E-state index in [1.54, 1.807) is 11.3 Å². The maximum atomic E-state index is 4.48. The number of piperazine rings is 1. The molecule has 2 N–H and O–H groups in total. The fraction of sp³-hybridized carbons (Fsp3) is 0.417. The highest BCUT2D eigenvalue weighted by molar-refractivity contribution is 7.13. The predicted molar refractivity (Wildman–Crippen MR) is 71.7 cm³/mol. The average Bonchev–Trinajstić information content (AvgIpc) is 2.99. The molecule has 0 atom stereocenters. The first-order chi connectivity index (χ1) is 8.36. The summed E-state index contributed by atoms with van der Waals surface area (Å²) in [7, 11) is 0. The maximum Gasteiger partial charge on any atom is 0.154 e. The summed E-state index contributed by atoms with van der Waals surface area (Å²) in [4.78, 5) is 3.61. The van der Waals surface area contributed by atoms with Crippen LogP contribution in [0.15, 0.2) is 17.5 Å². The standard InChI is InChI=1S/C12H16N4S/c1-9-11(10-3-2-8-17-10)14-15-12(9)16-6-4-13-5-7-16/h2-3,8,13H,4-7H2,1H3,(H,14,15). The molecule has 3 rings (SSSR count). The highest BCUT2D eigenvalue weighted by Crippen LogP contribution is 2.30. The Hall–Kier alpha value is -1.33. The van der Waals surface area contributed by atoms with Gasteiger partial charge in [-0.05, 0) is 18.4 Å². The molecule has 17 heavy (non-hydrogen) atoms. The molecular weight excluding hydrogens is 232 g/mol. The van der Waals surface area contributed by atoms with Gasteiger partial charge in [0.1, 0.15) is 0 Å². The number of hydrogen-bond donors (Lipinski definition) is 2. The normalized spacial score (nSPS) is 16.4. The van der Waals surface area contributed by atoms with E-state index in [9.17, 15) is 0 Å². The summed E-state index contributed by atoms with van der Waals surface area (Å²) in [5, 5.41) is 13.1. The van der Waals surface area contributed by atoms with Gasteiger partial charge in [-0.15, -0.1) is 11.3 Å². The van der Waals surface area contributed by atoms with Crippen LogP contribution in [0.3, 0.4) is 0 Å². The Kier molecular flexibility index (Phi) is 2.86. The third kappa shape index (κ3) is 1.96. The van der Waals surface area contributed by atoms with Crippen LogP contribution in [0, 0.1) is 6.92 Å². The molecular formula is C12H16N4S. The number of rotatable bonds is 2. The Morgan fingerprint density at radius 2 is 2.18 bits per heavy atom. The molecule has 5 heteroatoms. The van der Waals surface area contributed by atoms with Crippen molar-refractivity contribution in [3.63, 3.8) is 0 Å². The van der Waals surface area contributed by atoms with Crippen molar-refractivity contribution >= 4 is 17.2 Å². The van der Waals surface area contributed by atoms with Gasteiger partial charge in [0.2, 0.25) is 0 Å². The first-order valence-electron chi connectivity index (χ1n) is 5.91. The van der Waals surface area contributed by atoms with E-state index >= 15 is 0 Å². The van der Waals surface area contributed by atoms with Crippen LogP contribution in [0.1, 0.15) is 5.56 Å². The minimum absolute atomic E-state index is 1.04. The van der Waals surface area contributed by atoms with Gasteiger partial charge in [0.05, 0.1) is 10.6 Å². The van der Waals surface area contributed by atoms with Crippen molar-refractivity contribution in [1.29, 1.82) is 0 Å². The topological polar surface area (TPSA) is 44.0 Å². The zero-order valence-corrected chi connectivity index (χ0v) is 10.7. The molecule has 0 saturated carbocycles. The third-order valence-corrected chi connectivity index (χ3v) is 4.06. The highest BCUT2D eigenvalue weighted by atomic mass is 32.1. The first kappa shape index (κ1) is 10.8. The number of anilines is 1. The monoisotopic (exact) mass is 248 g/mol. The molecule has 1 saturated heterocycles. The van der Waals surface area contributed by atoms with E-state index in [4.69, 9.17) is 0 Å². The van der Waals surface area contributed by atoms with Gasteiger partial charge in [0.25, 0.3) is 0 Å². The Bertz CT molecular complexity index is 483. The number of thiophene rings is 1. The van der Waals surface area contributed by atoms with Gasteiger partial charge < -0.3 is 10.2 Å². The molecule has 0 radical (unpaired) electrons. The second-order valence-electron chi connectivity index (χ2n) is 4.26. The van der Waals surface area contributed by atoms with Crippen LogP contribution in [-0.2, 0) is 0 Å². The summed E-state index contributed by atoms with van der Waals surface area (Å²) in [6.07, 6.45) is 0. The Balaban J connectivity index is 1.92. The van der Waals surface area contributed by atoms with E-state index in [2.05, 4.69) is 44.9 Å². The van der Waals surface area contributed by atoms with Crippen molar-refractivity contribution in [2.75, 3.05) is 31.1 Å². The lowest BCUT2D eigenvalue weighted by Crippen LogP contribution is -2.43. The third-order valence-electron chi connectivity index (χ3n) is 3.17. The second kappa shape index (κ2) is 4.50. The van der Waals surface area contributed by atoms with Gasteiger partial charge in [-0.3, -0.25) is 5.10 Å². The van der Waals surface area contributed by atoms with E-state index in [0.29, 0.717) is 0 Å². The summed E-state index contributed by atoms with van der Waals surface area (Å²) < 4.78 is 0. The van der Waals surface area contributed by atoms with Crippen molar-refractivity contribution in [1.82, 2.24) is 15.5 Å². The van der Waals surface area contributed by atoms with Crippen molar-refractivity contribution < 1.29 is 0 Å². The summed E-state index contributed by atoms with van der Waals surface area (Å²) in [6.45, 7) is 6.31. The number of nitrogens with one attached hydrogen (secondary N) is 2. The second-order valence-corrected chi connectivity index (χ2v) is 5.21. The molecule has 0 bridgehead atoms. The van der Waals surface area contributed by atoms with Crippen LogP contribution in [-0.4, -0.2) is 36.4 Å². The first-order valence-corrected chi connectivity index (χ1v) is 6.79. The largest absolute Gasteiger partial charge is 0.352 e. The van der Waals surface area contributed by atoms with Crippen LogP contribution in [0.2, 0.25) is 0 Å². The Morgan fingerprint density at radius 1 is 1.35 bits per heavy atom. The number of aromatic nitrogens is 2. The quantitative estimate of drug-likeness (QED) is 0.852. The summed E-state index contributed by atoms with van der Waals surface area (Å²) in [6, 6.07) is 4.21. The number of nitrogens with zero attached hydrogens (tertiary/aromatic N) is 2. The lowest BCUT2D eigenvalue weighted by atomic mass is 10.2. The van der Waals surface area contributed by atoms with Gasteiger partial charge >= 0.3 is 0 Å². The summed E-state index contributed by atoms with van der Waals surface area (Å²) >= 11 is 1.75. The fourth-order valence-electron chi connectivity index (χ4n) is 2.23. The summed E-state index contributed by atoms with van der Waals surface area (Å²) in [5.41, 5.74) is 2.42. The lowest BCUT2D eigenvalue weighted by molar-refractivity contribution is 0.584. The van der Waals surface area contributed by atoms with Crippen LogP contribution in [0.4, 0.5) is 5.82 Å². The minimum atomic E-state index is 1.04. The predicted octanol–water partition coefficient (Wildman–Crippen LogP) is 1.86. The zero-order chi connectivity index (χ0) is 11.7. The van der Waals surface area contributed by atoms with E-state index < -0.39 is 0 Å². The van der Waals surface area contributed by atoms with Crippen LogP contribution < -0.4 is 10.2 Å². The Labute approximate surface area is 105 Å². The highest BCUT2D eigenvalue weighted by Gasteiger charge is 2.18. The molecule has 4 nitrogen and oxygen atoms in total. The van der Waals surface area contributed by atoms with Gasteiger partial charge in [0, 0.05) is 31.7 Å². The molecule has 0 spiro atoms. The zero-order valence-electron chi connectivity index (χ0n) is 9.86. The van der Waals surface area contributed by atoms with E-state index in [1.807, 2.05) is 0 Å². The molecule has 2 aromatic rings. The molecule has 0 amide bonds. The average molecular weight is 248 g/mol. The Morgan fingerprint density at radius 3 is 2.88 bits per heavy atom. The number of H-pyrrole nitrogens is 1. The van der Waals surface area contributed by atoms with Crippen LogP contribution >= 0.6 is 11.3 Å². The number of aromatic amines is 1. The van der Waals surface area contributed by atoms with Crippen molar-refractivity contribution in [2.24, 2.45) is 0 Å². The van der Waals surface area contributed by atoms with Gasteiger partial charge in [-0.1, -0.05) is 6.07 Å². The minimum Gasteiger partial charge on any atom is -0.352 e. The van der Waals surface area contributed by atoms with Gasteiger partial charge in [-0.2, -0.15) is 5.10 Å². The van der Waals surface area contributed by atoms with Crippen LogP contribution in [0.5, 0.6) is 0 Å². The smallest absolute Gasteiger partial charge is 0.154 e. The maximum absolute atomic E-state index is 4.48. The lowest BCUT2D eigenvalue weighted by Gasteiger charge is -2.27. The number of hydrogen-bond acceptors (Lipinski definition) is 4. The molecule has 2 aromatic heterocycles. The molecule has 0 aromatic carbocycles. The molecule has 1 aliphatic heterocycles. The molecule has 90 valence electrons. The molecule has 0 unspecified atom stereocenters.